The van der Waals surface area contributed by atoms with E-state index in [2.05, 4.69) is 33.1 Å². The zero-order valence-corrected chi connectivity index (χ0v) is 10.7. The first-order valence-corrected chi connectivity index (χ1v) is 5.45. The summed E-state index contributed by atoms with van der Waals surface area (Å²) in [6.07, 6.45) is 0.498. The predicted octanol–water partition coefficient (Wildman–Crippen LogP) is 1.79. The van der Waals surface area contributed by atoms with Gasteiger partial charge in [0.25, 0.3) is 0 Å². The Morgan fingerprint density at radius 3 is 2.43 bits per heavy atom. The smallest absolute Gasteiger partial charge is 0.221 e. The maximum Gasteiger partial charge on any atom is 0.221 e. The van der Waals surface area contributed by atoms with Crippen LogP contribution >= 0.6 is 15.9 Å². The van der Waals surface area contributed by atoms with Crippen molar-refractivity contribution in [2.24, 2.45) is 0 Å². The first-order chi connectivity index (χ1) is 6.31. The topological polar surface area (TPSA) is 41.1 Å². The van der Waals surface area contributed by atoms with Crippen molar-refractivity contribution in [3.63, 3.8) is 0 Å². The lowest BCUT2D eigenvalue weighted by molar-refractivity contribution is -0.122. The lowest BCUT2D eigenvalue weighted by Crippen LogP contribution is -2.41. The number of carbonyl (C=O) groups is 1. The van der Waals surface area contributed by atoms with Gasteiger partial charge in [-0.3, -0.25) is 4.79 Å². The highest BCUT2D eigenvalue weighted by Crippen LogP contribution is 1.99. The Labute approximate surface area is 94.5 Å². The van der Waals surface area contributed by atoms with Crippen molar-refractivity contribution in [3.8, 4) is 0 Å². The van der Waals surface area contributed by atoms with Crippen LogP contribution in [0, 0.1) is 0 Å². The summed E-state index contributed by atoms with van der Waals surface area (Å²) in [4.78, 5) is 11.3. The average molecular weight is 263 g/mol. The fraction of sp³-hybridized carbons (Fsp3) is 0.700. The number of amides is 1. The number of rotatable bonds is 5. The summed E-state index contributed by atoms with van der Waals surface area (Å²) in [7, 11) is 0. The molecule has 0 saturated carbocycles. The van der Waals surface area contributed by atoms with Crippen LogP contribution in [0.25, 0.3) is 0 Å². The number of nitrogens with one attached hydrogen (secondary N) is 2. The van der Waals surface area contributed by atoms with Crippen molar-refractivity contribution >= 4 is 21.8 Å². The van der Waals surface area contributed by atoms with Crippen LogP contribution in [0.15, 0.2) is 11.1 Å². The minimum absolute atomic E-state index is 0.0742. The Kier molecular flexibility index (Phi) is 6.04. The van der Waals surface area contributed by atoms with E-state index >= 15 is 0 Å². The second-order valence-electron chi connectivity index (χ2n) is 4.24. The van der Waals surface area contributed by atoms with Gasteiger partial charge in [0.2, 0.25) is 5.91 Å². The monoisotopic (exact) mass is 262 g/mol. The van der Waals surface area contributed by atoms with Crippen molar-refractivity contribution in [3.05, 3.63) is 11.1 Å². The van der Waals surface area contributed by atoms with Crippen LogP contribution in [0.2, 0.25) is 0 Å². The largest absolute Gasteiger partial charge is 0.351 e. The Balaban J connectivity index is 3.50. The van der Waals surface area contributed by atoms with Gasteiger partial charge in [0.05, 0.1) is 0 Å². The second-order valence-corrected chi connectivity index (χ2v) is 5.36. The van der Waals surface area contributed by atoms with Gasteiger partial charge in [-0.2, -0.15) is 0 Å². The quantitative estimate of drug-likeness (QED) is 0.742. The lowest BCUT2D eigenvalue weighted by atomic mass is 10.1. The summed E-state index contributed by atoms with van der Waals surface area (Å²) < 4.78 is 0.897. The summed E-state index contributed by atoms with van der Waals surface area (Å²) in [6, 6.07) is 0. The molecule has 82 valence electrons. The van der Waals surface area contributed by atoms with Crippen LogP contribution in [-0.4, -0.2) is 24.5 Å². The molecule has 0 aromatic rings. The van der Waals surface area contributed by atoms with E-state index in [0.717, 1.165) is 4.48 Å². The molecule has 0 aliphatic heterocycles. The summed E-state index contributed by atoms with van der Waals surface area (Å²) in [6.45, 7) is 11.0. The summed E-state index contributed by atoms with van der Waals surface area (Å²) in [5.41, 5.74) is -0.143. The Bertz CT molecular complexity index is 209. The van der Waals surface area contributed by atoms with Crippen LogP contribution < -0.4 is 10.6 Å². The van der Waals surface area contributed by atoms with Gasteiger partial charge in [0.15, 0.2) is 0 Å². The van der Waals surface area contributed by atoms with Crippen LogP contribution in [0.1, 0.15) is 27.2 Å². The van der Waals surface area contributed by atoms with Gasteiger partial charge in [0.1, 0.15) is 0 Å². The molecule has 0 unspecified atom stereocenters. The summed E-state index contributed by atoms with van der Waals surface area (Å²) in [5.74, 6) is 0.0742. The van der Waals surface area contributed by atoms with E-state index in [1.165, 1.54) is 0 Å². The zero-order chi connectivity index (χ0) is 11.2. The van der Waals surface area contributed by atoms with Gasteiger partial charge in [-0.25, -0.2) is 0 Å². The number of halogens is 1. The van der Waals surface area contributed by atoms with Crippen molar-refractivity contribution in [1.82, 2.24) is 10.6 Å². The molecule has 4 heteroatoms. The molecule has 3 nitrogen and oxygen atoms in total. The first-order valence-electron chi connectivity index (χ1n) is 4.66. The van der Waals surface area contributed by atoms with Crippen LogP contribution in [0.4, 0.5) is 0 Å². The fourth-order valence-electron chi connectivity index (χ4n) is 0.907. The molecule has 0 radical (unpaired) electrons. The lowest BCUT2D eigenvalue weighted by Gasteiger charge is -2.20. The SMILES string of the molecule is C=C(Br)CNCCC(=O)NC(C)(C)C. The van der Waals surface area contributed by atoms with Gasteiger partial charge in [-0.05, 0) is 20.8 Å². The standard InChI is InChI=1S/C10H19BrN2O/c1-8(11)7-12-6-5-9(14)13-10(2,3)4/h12H,1,5-7H2,2-4H3,(H,13,14). The molecule has 0 aliphatic carbocycles. The molecule has 0 aliphatic rings. The van der Waals surface area contributed by atoms with Crippen LogP contribution in [-0.2, 0) is 4.79 Å². The normalized spacial score (nSPS) is 11.1. The predicted molar refractivity (Wildman–Crippen MR) is 63.4 cm³/mol. The number of hydrogen-bond acceptors (Lipinski definition) is 2. The molecule has 0 atom stereocenters. The maximum atomic E-state index is 11.3. The average Bonchev–Trinajstić information content (AvgIpc) is 1.94. The zero-order valence-electron chi connectivity index (χ0n) is 9.11. The van der Waals surface area contributed by atoms with Gasteiger partial charge >= 0.3 is 0 Å². The molecule has 0 fully saturated rings. The van der Waals surface area contributed by atoms with Crippen molar-refractivity contribution in [2.45, 2.75) is 32.7 Å². The fourth-order valence-corrected chi connectivity index (χ4v) is 1.10. The van der Waals surface area contributed by atoms with Gasteiger partial charge < -0.3 is 10.6 Å². The molecular weight excluding hydrogens is 244 g/mol. The molecule has 0 saturated heterocycles. The maximum absolute atomic E-state index is 11.3. The van der Waals surface area contributed by atoms with E-state index in [4.69, 9.17) is 0 Å². The molecule has 0 rings (SSSR count). The van der Waals surface area contributed by atoms with E-state index in [1.807, 2.05) is 20.8 Å². The molecular formula is C10H19BrN2O. The van der Waals surface area contributed by atoms with Crippen LogP contribution in [0.5, 0.6) is 0 Å². The molecule has 0 spiro atoms. The van der Waals surface area contributed by atoms with Crippen LogP contribution in [0.3, 0.4) is 0 Å². The van der Waals surface area contributed by atoms with E-state index in [1.54, 1.807) is 0 Å². The van der Waals surface area contributed by atoms with E-state index < -0.39 is 0 Å². The Morgan fingerprint density at radius 1 is 1.43 bits per heavy atom. The highest BCUT2D eigenvalue weighted by Gasteiger charge is 2.12. The van der Waals surface area contributed by atoms with Gasteiger partial charge in [-0.1, -0.05) is 22.5 Å². The van der Waals surface area contributed by atoms with Gasteiger partial charge in [-0.15, -0.1) is 0 Å². The highest BCUT2D eigenvalue weighted by molar-refractivity contribution is 9.11. The third kappa shape index (κ3) is 9.74. The van der Waals surface area contributed by atoms with E-state index in [-0.39, 0.29) is 11.4 Å². The summed E-state index contributed by atoms with van der Waals surface area (Å²) >= 11 is 3.23. The van der Waals surface area contributed by atoms with E-state index in [0.29, 0.717) is 19.5 Å². The molecule has 0 bridgehead atoms. The molecule has 2 N–H and O–H groups in total. The molecule has 1 amide bonds. The van der Waals surface area contributed by atoms with Crippen molar-refractivity contribution in [2.75, 3.05) is 13.1 Å². The Morgan fingerprint density at radius 2 is 2.00 bits per heavy atom. The minimum atomic E-state index is -0.143. The van der Waals surface area contributed by atoms with Crippen molar-refractivity contribution < 1.29 is 4.79 Å². The summed E-state index contributed by atoms with van der Waals surface area (Å²) in [5, 5.41) is 5.99. The van der Waals surface area contributed by atoms with Gasteiger partial charge in [0, 0.05) is 29.5 Å². The highest BCUT2D eigenvalue weighted by atomic mass is 79.9. The third-order valence-electron chi connectivity index (χ3n) is 1.36. The van der Waals surface area contributed by atoms with Crippen molar-refractivity contribution in [1.29, 1.82) is 0 Å². The first kappa shape index (κ1) is 13.7. The third-order valence-corrected chi connectivity index (χ3v) is 1.64. The molecule has 0 aromatic carbocycles. The molecule has 0 heterocycles. The minimum Gasteiger partial charge on any atom is -0.351 e. The Hall–Kier alpha value is -0.350. The molecule has 14 heavy (non-hydrogen) atoms. The molecule has 0 aromatic heterocycles. The number of hydrogen-bond donors (Lipinski definition) is 2. The number of carbonyl (C=O) groups excluding carboxylic acids is 1. The van der Waals surface area contributed by atoms with E-state index in [9.17, 15) is 4.79 Å². The second kappa shape index (κ2) is 6.19.